The highest BCUT2D eigenvalue weighted by molar-refractivity contribution is 5.48. The van der Waals surface area contributed by atoms with Crippen molar-refractivity contribution in [1.29, 1.82) is 0 Å². The zero-order chi connectivity index (χ0) is 6.97. The minimum atomic E-state index is 0.929. The van der Waals surface area contributed by atoms with Crippen LogP contribution >= 0.6 is 0 Å². The molecule has 1 aliphatic rings. The van der Waals surface area contributed by atoms with Gasteiger partial charge in [0.2, 0.25) is 0 Å². The Morgan fingerprint density at radius 2 is 2.50 bits per heavy atom. The summed E-state index contributed by atoms with van der Waals surface area (Å²) >= 11 is 0. The van der Waals surface area contributed by atoms with Gasteiger partial charge in [-0.25, -0.2) is 4.98 Å². The van der Waals surface area contributed by atoms with E-state index in [9.17, 15) is 0 Å². The highest BCUT2D eigenvalue weighted by Crippen LogP contribution is 2.14. The van der Waals surface area contributed by atoms with Crippen molar-refractivity contribution in [1.82, 2.24) is 9.55 Å². The number of hydrogen-bond acceptors (Lipinski definition) is 1. The van der Waals surface area contributed by atoms with E-state index < -0.39 is 0 Å². The standard InChI is InChI=1S/C8H8N2/c1-7-2-4-10-5-3-9-8(10)6-7/h1,3,5-6H,2,4H2. The van der Waals surface area contributed by atoms with Crippen molar-refractivity contribution in [3.05, 3.63) is 30.7 Å². The number of aromatic nitrogens is 2. The quantitative estimate of drug-likeness (QED) is 0.521. The van der Waals surface area contributed by atoms with Crippen LogP contribution in [0.2, 0.25) is 0 Å². The molecule has 0 bridgehead atoms. The number of allylic oxidation sites excluding steroid dienone is 1. The Balaban J connectivity index is 2.50. The first-order valence-electron chi connectivity index (χ1n) is 3.33. The van der Waals surface area contributed by atoms with Crippen LogP contribution in [0.4, 0.5) is 0 Å². The molecule has 0 unspecified atom stereocenters. The van der Waals surface area contributed by atoms with E-state index in [1.54, 1.807) is 6.20 Å². The molecular weight excluding hydrogens is 124 g/mol. The lowest BCUT2D eigenvalue weighted by Crippen LogP contribution is -2.04. The molecule has 0 amide bonds. The molecule has 0 saturated heterocycles. The van der Waals surface area contributed by atoms with Gasteiger partial charge in [-0.2, -0.15) is 0 Å². The predicted octanol–water partition coefficient (Wildman–Crippen LogP) is 1.38. The topological polar surface area (TPSA) is 17.8 Å². The normalized spacial score (nSPS) is 16.3. The number of nitrogens with zero attached hydrogens (tertiary/aromatic N) is 2. The summed E-state index contributed by atoms with van der Waals surface area (Å²) in [5.41, 5.74) is 0.929. The fraction of sp³-hybridized carbons (Fsp3) is 0.250. The fourth-order valence-corrected chi connectivity index (χ4v) is 1.14. The van der Waals surface area contributed by atoms with Crippen LogP contribution in [-0.4, -0.2) is 9.55 Å². The van der Waals surface area contributed by atoms with Crippen LogP contribution in [0.1, 0.15) is 12.2 Å². The Morgan fingerprint density at radius 3 is 3.40 bits per heavy atom. The van der Waals surface area contributed by atoms with Gasteiger partial charge in [-0.05, 0) is 19.4 Å². The minimum absolute atomic E-state index is 0.929. The molecule has 0 aliphatic carbocycles. The smallest absolute Gasteiger partial charge is 0.132 e. The van der Waals surface area contributed by atoms with Crippen molar-refractivity contribution in [3.8, 4) is 0 Å². The van der Waals surface area contributed by atoms with Crippen LogP contribution in [0.3, 0.4) is 0 Å². The number of hydrogen-bond donors (Lipinski definition) is 0. The van der Waals surface area contributed by atoms with Crippen LogP contribution in [0.15, 0.2) is 18.0 Å². The zero-order valence-electron chi connectivity index (χ0n) is 5.62. The average Bonchev–Trinajstić information content (AvgIpc) is 2.33. The average molecular weight is 132 g/mol. The highest BCUT2D eigenvalue weighted by Gasteiger charge is 2.05. The van der Waals surface area contributed by atoms with Crippen LogP contribution in [0, 0.1) is 6.92 Å². The largest absolute Gasteiger partial charge is 0.331 e. The molecule has 0 N–H and O–H groups in total. The van der Waals surface area contributed by atoms with Gasteiger partial charge in [0.25, 0.3) is 0 Å². The van der Waals surface area contributed by atoms with E-state index >= 15 is 0 Å². The molecule has 1 aliphatic heterocycles. The van der Waals surface area contributed by atoms with Crippen LogP contribution in [0.5, 0.6) is 0 Å². The van der Waals surface area contributed by atoms with E-state index in [0.717, 1.165) is 24.4 Å². The van der Waals surface area contributed by atoms with Gasteiger partial charge in [0, 0.05) is 18.9 Å². The van der Waals surface area contributed by atoms with E-state index in [4.69, 9.17) is 6.92 Å². The maximum atomic E-state index is 5.62. The monoisotopic (exact) mass is 132 g/mol. The van der Waals surface area contributed by atoms with Crippen molar-refractivity contribution >= 4 is 6.08 Å². The first-order chi connectivity index (χ1) is 4.86. The van der Waals surface area contributed by atoms with Gasteiger partial charge in [0.15, 0.2) is 0 Å². The van der Waals surface area contributed by atoms with Gasteiger partial charge in [0.1, 0.15) is 5.82 Å². The second-order valence-electron chi connectivity index (χ2n) is 2.45. The van der Waals surface area contributed by atoms with Crippen LogP contribution < -0.4 is 0 Å². The molecule has 2 nitrogen and oxygen atoms in total. The number of aryl methyl sites for hydroxylation is 1. The Hall–Kier alpha value is -1.05. The van der Waals surface area contributed by atoms with Gasteiger partial charge in [-0.3, -0.25) is 0 Å². The van der Waals surface area contributed by atoms with Gasteiger partial charge in [-0.1, -0.05) is 5.57 Å². The van der Waals surface area contributed by atoms with Crippen LogP contribution in [0.25, 0.3) is 6.08 Å². The second kappa shape index (κ2) is 1.97. The Labute approximate surface area is 60.2 Å². The Morgan fingerprint density at radius 1 is 1.60 bits per heavy atom. The summed E-state index contributed by atoms with van der Waals surface area (Å²) in [7, 11) is 0. The molecule has 1 aromatic rings. The number of fused-ring (bicyclic) bond motifs is 1. The number of rotatable bonds is 0. The van der Waals surface area contributed by atoms with E-state index in [-0.39, 0.29) is 0 Å². The van der Waals surface area contributed by atoms with E-state index in [1.807, 2.05) is 12.3 Å². The van der Waals surface area contributed by atoms with E-state index in [1.165, 1.54) is 0 Å². The molecule has 50 valence electrons. The van der Waals surface area contributed by atoms with Crippen molar-refractivity contribution in [2.24, 2.45) is 0 Å². The molecule has 2 rings (SSSR count). The summed E-state index contributed by atoms with van der Waals surface area (Å²) in [5.74, 6) is 0.976. The van der Waals surface area contributed by atoms with E-state index in [2.05, 4.69) is 9.55 Å². The van der Waals surface area contributed by atoms with Crippen LogP contribution in [-0.2, 0) is 6.54 Å². The van der Waals surface area contributed by atoms with Crippen molar-refractivity contribution < 1.29 is 0 Å². The lowest BCUT2D eigenvalue weighted by atomic mass is 10.1. The van der Waals surface area contributed by atoms with Gasteiger partial charge < -0.3 is 4.57 Å². The molecule has 2 heterocycles. The summed E-state index contributed by atoms with van der Waals surface area (Å²) in [6.07, 6.45) is 6.63. The van der Waals surface area contributed by atoms with Gasteiger partial charge >= 0.3 is 0 Å². The minimum Gasteiger partial charge on any atom is -0.331 e. The maximum absolute atomic E-state index is 5.62. The summed E-state index contributed by atoms with van der Waals surface area (Å²) < 4.78 is 2.09. The van der Waals surface area contributed by atoms with Gasteiger partial charge in [0.05, 0.1) is 0 Å². The lowest BCUT2D eigenvalue weighted by molar-refractivity contribution is 0.676. The predicted molar refractivity (Wildman–Crippen MR) is 39.1 cm³/mol. The third-order valence-electron chi connectivity index (χ3n) is 1.70. The third-order valence-corrected chi connectivity index (χ3v) is 1.70. The lowest BCUT2D eigenvalue weighted by Gasteiger charge is -2.10. The summed E-state index contributed by atoms with van der Waals surface area (Å²) in [6.45, 7) is 6.59. The fourth-order valence-electron chi connectivity index (χ4n) is 1.14. The molecule has 0 atom stereocenters. The molecule has 0 aromatic carbocycles. The number of imidazole rings is 1. The molecule has 0 spiro atoms. The molecule has 2 radical (unpaired) electrons. The third kappa shape index (κ3) is 0.764. The maximum Gasteiger partial charge on any atom is 0.132 e. The SMILES string of the molecule is [CH]C1=Cc2nccn2CC1. The Kier molecular flexibility index (Phi) is 1.13. The molecule has 0 fully saturated rings. The second-order valence-corrected chi connectivity index (χ2v) is 2.45. The van der Waals surface area contributed by atoms with Crippen molar-refractivity contribution in [2.75, 3.05) is 0 Å². The molecule has 10 heavy (non-hydrogen) atoms. The van der Waals surface area contributed by atoms with E-state index in [0.29, 0.717) is 0 Å². The molecule has 2 heteroatoms. The highest BCUT2D eigenvalue weighted by atomic mass is 15.1. The molecular formula is C8H8N2. The Bertz CT molecular complexity index is 271. The van der Waals surface area contributed by atoms with Crippen molar-refractivity contribution in [2.45, 2.75) is 13.0 Å². The van der Waals surface area contributed by atoms with Gasteiger partial charge in [-0.15, -0.1) is 0 Å². The molecule has 1 aromatic heterocycles. The first-order valence-corrected chi connectivity index (χ1v) is 3.33. The zero-order valence-corrected chi connectivity index (χ0v) is 5.62. The summed E-state index contributed by atoms with van der Waals surface area (Å²) in [5, 5.41) is 0. The first kappa shape index (κ1) is 5.71. The summed E-state index contributed by atoms with van der Waals surface area (Å²) in [6, 6.07) is 0. The van der Waals surface area contributed by atoms with Crippen molar-refractivity contribution in [3.63, 3.8) is 0 Å². The molecule has 0 saturated carbocycles. The summed E-state index contributed by atoms with van der Waals surface area (Å²) in [4.78, 5) is 4.11.